The molecule has 0 saturated heterocycles. The van der Waals surface area contributed by atoms with E-state index < -0.39 is 36.3 Å². The van der Waals surface area contributed by atoms with Gasteiger partial charge in [-0.15, -0.1) is 0 Å². The topological polar surface area (TPSA) is 147 Å². The Morgan fingerprint density at radius 3 is 1.31 bits per heavy atom. The number of amides is 1. The van der Waals surface area contributed by atoms with E-state index in [1.54, 1.807) is 0 Å². The number of carboxylic acids is 1. The van der Waals surface area contributed by atoms with Crippen LogP contribution in [0.3, 0.4) is 0 Å². The average Bonchev–Trinajstić information content (AvgIpc) is 2.78. The van der Waals surface area contributed by atoms with Crippen LogP contribution in [0.4, 0.5) is 0 Å². The maximum atomic E-state index is 11.8. The van der Waals surface area contributed by atoms with Crippen molar-refractivity contribution in [1.29, 1.82) is 0 Å². The first-order valence-corrected chi connectivity index (χ1v) is 12.6. The molecule has 0 fully saturated rings. The molecule has 190 valence electrons. The molecule has 32 heavy (non-hydrogen) atoms. The minimum absolute atomic E-state index is 0.318. The minimum atomic E-state index is -2.28. The molecule has 0 heterocycles. The number of rotatable bonds is 22. The van der Waals surface area contributed by atoms with Crippen molar-refractivity contribution in [2.24, 2.45) is 0 Å². The normalized spacial score (nSPS) is 15.2. The number of hydrogen-bond donors (Lipinski definition) is 6. The number of nitrogens with one attached hydrogen (secondary N) is 1. The Morgan fingerprint density at radius 1 is 0.594 bits per heavy atom. The van der Waals surface area contributed by atoms with Crippen LogP contribution in [0, 0.1) is 0 Å². The molecule has 0 aliphatic heterocycles. The first-order valence-electron chi connectivity index (χ1n) is 12.6. The van der Waals surface area contributed by atoms with E-state index in [1.807, 2.05) is 0 Å². The van der Waals surface area contributed by atoms with E-state index in [4.69, 9.17) is 5.11 Å². The zero-order valence-corrected chi connectivity index (χ0v) is 19.9. The fourth-order valence-corrected chi connectivity index (χ4v) is 3.66. The van der Waals surface area contributed by atoms with Crippen molar-refractivity contribution in [3.63, 3.8) is 0 Å². The number of aliphatic hydroxyl groups excluding tert-OH is 4. The summed E-state index contributed by atoms with van der Waals surface area (Å²) in [6.45, 7) is 2.57. The van der Waals surface area contributed by atoms with Gasteiger partial charge in [-0.1, -0.05) is 103 Å². The molecule has 0 aliphatic carbocycles. The summed E-state index contributed by atoms with van der Waals surface area (Å²) in [5, 5.41) is 49.0. The molecule has 0 rings (SSSR count). The van der Waals surface area contributed by atoms with E-state index in [2.05, 4.69) is 12.2 Å². The van der Waals surface area contributed by atoms with Gasteiger partial charge in [0.2, 0.25) is 0 Å². The second-order valence-electron chi connectivity index (χ2n) is 8.80. The standard InChI is InChI=1S/C24H47NO7/c1-2-3-4-5-6-7-8-9-10-11-12-13-14-15-16-17-18-25-23(30)21(28)19(26)20(27)22(29)24(31)32/h19-22,26-29H,2-18H2,1H3,(H,25,30)(H,31,32). The van der Waals surface area contributed by atoms with Crippen LogP contribution in [-0.2, 0) is 9.59 Å². The van der Waals surface area contributed by atoms with Crippen molar-refractivity contribution >= 4 is 11.9 Å². The second kappa shape index (κ2) is 20.4. The molecule has 0 radical (unpaired) electrons. The van der Waals surface area contributed by atoms with Gasteiger partial charge >= 0.3 is 5.97 Å². The lowest BCUT2D eigenvalue weighted by molar-refractivity contribution is -0.166. The monoisotopic (exact) mass is 461 g/mol. The Bertz CT molecular complexity index is 475. The van der Waals surface area contributed by atoms with Crippen LogP contribution >= 0.6 is 0 Å². The van der Waals surface area contributed by atoms with E-state index in [9.17, 15) is 30.0 Å². The molecule has 0 spiro atoms. The predicted octanol–water partition coefficient (Wildman–Crippen LogP) is 2.89. The number of hydrogen-bond acceptors (Lipinski definition) is 6. The van der Waals surface area contributed by atoms with E-state index in [0.29, 0.717) is 6.54 Å². The highest BCUT2D eigenvalue weighted by atomic mass is 16.4. The van der Waals surface area contributed by atoms with Gasteiger partial charge in [0.1, 0.15) is 12.2 Å². The number of carbonyl (C=O) groups is 2. The predicted molar refractivity (Wildman–Crippen MR) is 124 cm³/mol. The molecule has 4 unspecified atom stereocenters. The molecule has 4 atom stereocenters. The van der Waals surface area contributed by atoms with Crippen molar-refractivity contribution in [2.75, 3.05) is 6.54 Å². The van der Waals surface area contributed by atoms with Gasteiger partial charge < -0.3 is 30.8 Å². The molecular formula is C24H47NO7. The SMILES string of the molecule is CCCCCCCCCCCCCCCCCCNC(=O)C(O)C(O)C(O)C(O)C(=O)O. The molecule has 0 aliphatic rings. The molecule has 0 bridgehead atoms. The highest BCUT2D eigenvalue weighted by molar-refractivity contribution is 5.81. The van der Waals surface area contributed by atoms with Crippen molar-refractivity contribution in [3.8, 4) is 0 Å². The number of carboxylic acid groups (broad SMARTS) is 1. The average molecular weight is 462 g/mol. The molecule has 8 nitrogen and oxygen atoms in total. The summed E-state index contributed by atoms with van der Waals surface area (Å²) in [7, 11) is 0. The molecule has 6 N–H and O–H groups in total. The maximum Gasteiger partial charge on any atom is 0.335 e. The van der Waals surface area contributed by atoms with Crippen LogP contribution in [0.25, 0.3) is 0 Å². The van der Waals surface area contributed by atoms with E-state index in [1.165, 1.54) is 77.0 Å². The highest BCUT2D eigenvalue weighted by Gasteiger charge is 2.37. The Hall–Kier alpha value is -1.22. The van der Waals surface area contributed by atoms with E-state index in [-0.39, 0.29) is 0 Å². The minimum Gasteiger partial charge on any atom is -0.479 e. The molecule has 1 amide bonds. The van der Waals surface area contributed by atoms with Crippen molar-refractivity contribution in [1.82, 2.24) is 5.32 Å². The third kappa shape index (κ3) is 15.6. The maximum absolute atomic E-state index is 11.8. The first-order chi connectivity index (χ1) is 15.3. The van der Waals surface area contributed by atoms with E-state index in [0.717, 1.165) is 25.7 Å². The van der Waals surface area contributed by atoms with Crippen molar-refractivity contribution in [3.05, 3.63) is 0 Å². The Morgan fingerprint density at radius 2 is 0.938 bits per heavy atom. The van der Waals surface area contributed by atoms with Gasteiger partial charge in [0.15, 0.2) is 12.2 Å². The summed E-state index contributed by atoms with van der Waals surface area (Å²) < 4.78 is 0. The van der Waals surface area contributed by atoms with Gasteiger partial charge in [-0.25, -0.2) is 4.79 Å². The van der Waals surface area contributed by atoms with Gasteiger partial charge in [0.05, 0.1) is 0 Å². The highest BCUT2D eigenvalue weighted by Crippen LogP contribution is 2.13. The third-order valence-corrected chi connectivity index (χ3v) is 5.85. The molecule has 0 aromatic heterocycles. The van der Waals surface area contributed by atoms with Crippen LogP contribution in [-0.4, -0.2) is 68.4 Å². The smallest absolute Gasteiger partial charge is 0.335 e. The molecule has 0 saturated carbocycles. The fourth-order valence-electron chi connectivity index (χ4n) is 3.66. The Balaban J connectivity index is 3.53. The lowest BCUT2D eigenvalue weighted by Gasteiger charge is -2.23. The lowest BCUT2D eigenvalue weighted by Crippen LogP contribution is -2.52. The van der Waals surface area contributed by atoms with Crippen molar-refractivity contribution in [2.45, 2.75) is 134 Å². The summed E-state index contributed by atoms with van der Waals surface area (Å²) in [6.07, 6.45) is 11.4. The Labute approximate surface area is 193 Å². The third-order valence-electron chi connectivity index (χ3n) is 5.85. The number of carbonyl (C=O) groups excluding carboxylic acids is 1. The molecular weight excluding hydrogens is 414 g/mol. The van der Waals surface area contributed by atoms with E-state index >= 15 is 0 Å². The lowest BCUT2D eigenvalue weighted by atomic mass is 10.0. The second-order valence-corrected chi connectivity index (χ2v) is 8.80. The van der Waals surface area contributed by atoms with Crippen LogP contribution in [0.5, 0.6) is 0 Å². The Kier molecular flexibility index (Phi) is 19.6. The number of aliphatic carboxylic acids is 1. The van der Waals surface area contributed by atoms with Gasteiger partial charge in [0, 0.05) is 6.54 Å². The van der Waals surface area contributed by atoms with Crippen LogP contribution < -0.4 is 5.32 Å². The summed E-state index contributed by atoms with van der Waals surface area (Å²) in [6, 6.07) is 0. The first kappa shape index (κ1) is 30.8. The van der Waals surface area contributed by atoms with Crippen LogP contribution in [0.1, 0.15) is 110 Å². The zero-order chi connectivity index (χ0) is 24.2. The van der Waals surface area contributed by atoms with Gasteiger partial charge in [0.25, 0.3) is 5.91 Å². The van der Waals surface area contributed by atoms with Gasteiger partial charge in [-0.2, -0.15) is 0 Å². The molecule has 0 aromatic rings. The van der Waals surface area contributed by atoms with Gasteiger partial charge in [-0.05, 0) is 6.42 Å². The summed E-state index contributed by atoms with van der Waals surface area (Å²) in [5.74, 6) is -2.66. The van der Waals surface area contributed by atoms with Gasteiger partial charge in [-0.3, -0.25) is 4.79 Å². The summed E-state index contributed by atoms with van der Waals surface area (Å²) in [5.41, 5.74) is 0. The summed E-state index contributed by atoms with van der Waals surface area (Å²) >= 11 is 0. The van der Waals surface area contributed by atoms with Crippen LogP contribution in [0.2, 0.25) is 0 Å². The van der Waals surface area contributed by atoms with Crippen LogP contribution in [0.15, 0.2) is 0 Å². The summed E-state index contributed by atoms with van der Waals surface area (Å²) in [4.78, 5) is 22.4. The quantitative estimate of drug-likeness (QED) is 0.136. The molecule has 0 aromatic carbocycles. The fraction of sp³-hybridized carbons (Fsp3) is 0.917. The zero-order valence-electron chi connectivity index (χ0n) is 19.9. The largest absolute Gasteiger partial charge is 0.479 e. The van der Waals surface area contributed by atoms with Crippen molar-refractivity contribution < 1.29 is 35.1 Å². The number of unbranched alkanes of at least 4 members (excludes halogenated alkanes) is 15. The number of aliphatic hydroxyl groups is 4. The molecule has 8 heteroatoms.